The molecule has 0 fully saturated rings. The maximum atomic E-state index is 11.7. The zero-order chi connectivity index (χ0) is 20.7. The number of phosphoric acid groups is 1. The van der Waals surface area contributed by atoms with E-state index in [1.165, 1.54) is 0 Å². The molecule has 0 saturated carbocycles. The molecule has 0 aliphatic rings. The van der Waals surface area contributed by atoms with Gasteiger partial charge in [-0.15, -0.1) is 0 Å². The lowest BCUT2D eigenvalue weighted by Crippen LogP contribution is -2.57. The minimum Gasteiger partial charge on any atom is -0.303 e. The Morgan fingerprint density at radius 2 is 1.40 bits per heavy atom. The van der Waals surface area contributed by atoms with Crippen molar-refractivity contribution in [1.29, 1.82) is 0 Å². The number of hydrogen-bond donors (Lipinski definition) is 2. The Kier molecular flexibility index (Phi) is 10.1. The quantitative estimate of drug-likeness (QED) is 0.145. The van der Waals surface area contributed by atoms with Gasteiger partial charge in [0.1, 0.15) is 6.47 Å². The number of hydrogen-bond acceptors (Lipinski definition) is 2. The molecule has 4 nitrogen and oxygen atoms in total. The van der Waals surface area contributed by atoms with Crippen molar-refractivity contribution in [3.8, 4) is 0 Å². The molecule has 0 aliphatic heterocycles. The Hall–Kier alpha value is 3.02. The van der Waals surface area contributed by atoms with Crippen molar-refractivity contribution in [2.75, 3.05) is 10.7 Å². The second kappa shape index (κ2) is 9.03. The van der Waals surface area contributed by atoms with Crippen molar-refractivity contribution in [3.05, 3.63) is 12.2 Å². The van der Waals surface area contributed by atoms with Crippen molar-refractivity contribution in [1.82, 2.24) is 0 Å². The van der Waals surface area contributed by atoms with E-state index in [4.69, 9.17) is 16.1 Å². The van der Waals surface area contributed by atoms with E-state index < -0.39 is 30.2 Å². The van der Waals surface area contributed by atoms with Gasteiger partial charge in [-0.25, -0.2) is 4.57 Å². The first kappa shape index (κ1) is 28.0. The normalized spacial score (nSPS) is 17.3. The predicted octanol–water partition coefficient (Wildman–Crippen LogP) is 7.40. The monoisotopic (exact) mass is 780 g/mol. The van der Waals surface area contributed by atoms with Gasteiger partial charge >= 0.3 is 7.82 Å². The number of halogens is 7. The summed E-state index contributed by atoms with van der Waals surface area (Å²) in [6.07, 6.45) is 0. The highest BCUT2D eigenvalue weighted by atomic mass is 79.9. The van der Waals surface area contributed by atoms with Crippen LogP contribution in [-0.2, 0) is 9.09 Å². The van der Waals surface area contributed by atoms with Crippen LogP contribution in [0, 0.1) is 10.8 Å². The molecule has 0 aromatic heterocycles. The molecule has 25 heavy (non-hydrogen) atoms. The zero-order valence-electron chi connectivity index (χ0n) is 13.9. The van der Waals surface area contributed by atoms with Gasteiger partial charge in [0.15, 0.2) is 0 Å². The molecular formula is C13H20Br6ClO4P. The van der Waals surface area contributed by atoms with Crippen LogP contribution in [0.5, 0.6) is 0 Å². The minimum absolute atomic E-state index is 0.178. The molecule has 1 atom stereocenters. The molecule has 0 radical (unpaired) electrons. The molecule has 2 N–H and O–H groups in total. The van der Waals surface area contributed by atoms with E-state index in [1.54, 1.807) is 0 Å². The third-order valence-electron chi connectivity index (χ3n) is 3.78. The lowest BCUT2D eigenvalue weighted by Gasteiger charge is -2.52. The fourth-order valence-corrected chi connectivity index (χ4v) is 7.51. The Morgan fingerprint density at radius 3 is 1.68 bits per heavy atom. The van der Waals surface area contributed by atoms with Gasteiger partial charge < -0.3 is 9.79 Å². The predicted molar refractivity (Wildman–Crippen MR) is 127 cm³/mol. The first-order chi connectivity index (χ1) is 10.7. The van der Waals surface area contributed by atoms with Crippen molar-refractivity contribution < 1.29 is 18.9 Å². The molecule has 0 aromatic rings. The molecule has 1 unspecified atom stereocenters. The summed E-state index contributed by atoms with van der Waals surface area (Å²) < 4.78 is 14.5. The summed E-state index contributed by atoms with van der Waals surface area (Å²) >= 11 is 27.7. The summed E-state index contributed by atoms with van der Waals surface area (Å²) in [7, 11) is -4.97. The van der Waals surface area contributed by atoms with Crippen LogP contribution in [-0.4, -0.2) is 32.0 Å². The highest BCUT2D eigenvalue weighted by Crippen LogP contribution is 2.66. The van der Waals surface area contributed by atoms with Crippen LogP contribution in [0.25, 0.3) is 0 Å². The molecule has 0 bridgehead atoms. The lowest BCUT2D eigenvalue weighted by atomic mass is 9.80. The van der Waals surface area contributed by atoms with E-state index in [0.717, 1.165) is 0 Å². The Balaban J connectivity index is 6.57. The lowest BCUT2D eigenvalue weighted by molar-refractivity contribution is 0.0880. The van der Waals surface area contributed by atoms with E-state index in [9.17, 15) is 14.4 Å². The molecule has 0 spiro atoms. The largest absolute Gasteiger partial charge is 0.471 e. The summed E-state index contributed by atoms with van der Waals surface area (Å²) in [5.41, 5.74) is -0.962. The SMILES string of the molecule is C=C(C(Br)(Br)C(C)(C)CBr)C(Cl)(OP(=O)(O)O)C(Br)(Br)C(C)(C)CBr. The molecule has 150 valence electrons. The van der Waals surface area contributed by atoms with Gasteiger partial charge in [-0.05, 0) is 0 Å². The first-order valence-electron chi connectivity index (χ1n) is 6.76. The molecule has 0 rings (SSSR count). The molecule has 0 aromatic carbocycles. The Bertz CT molecular complexity index is 563. The van der Waals surface area contributed by atoms with E-state index in [-0.39, 0.29) is 5.57 Å². The maximum Gasteiger partial charge on any atom is 0.471 e. The summed E-state index contributed by atoms with van der Waals surface area (Å²) in [6.45, 7) is 11.6. The zero-order valence-corrected chi connectivity index (χ0v) is 25.1. The van der Waals surface area contributed by atoms with E-state index >= 15 is 0 Å². The van der Waals surface area contributed by atoms with Crippen LogP contribution in [0.3, 0.4) is 0 Å². The van der Waals surface area contributed by atoms with Crippen LogP contribution in [0.2, 0.25) is 0 Å². The van der Waals surface area contributed by atoms with Crippen LogP contribution < -0.4 is 0 Å². The summed E-state index contributed by atoms with van der Waals surface area (Å²) in [4.78, 5) is 19.0. The van der Waals surface area contributed by atoms with Gasteiger partial charge in [-0.2, -0.15) is 0 Å². The third-order valence-corrected chi connectivity index (χ3v) is 14.6. The van der Waals surface area contributed by atoms with Gasteiger partial charge in [0.2, 0.25) is 5.06 Å². The van der Waals surface area contributed by atoms with Crippen LogP contribution in [0.1, 0.15) is 27.7 Å². The van der Waals surface area contributed by atoms with Crippen molar-refractivity contribution in [2.24, 2.45) is 10.8 Å². The van der Waals surface area contributed by atoms with Gasteiger partial charge in [0.25, 0.3) is 0 Å². The Morgan fingerprint density at radius 1 is 1.04 bits per heavy atom. The average Bonchev–Trinajstić information content (AvgIpc) is 2.43. The van der Waals surface area contributed by atoms with E-state index in [0.29, 0.717) is 10.7 Å². The van der Waals surface area contributed by atoms with Crippen molar-refractivity contribution in [3.63, 3.8) is 0 Å². The van der Waals surface area contributed by atoms with Gasteiger partial charge in [-0.1, -0.05) is 141 Å². The standard InChI is InChI=1S/C13H20Br6ClO4P/c1-8(11(16,17)9(2,3)6-14)12(20,24-25(21,22)23)13(18,19)10(4,5)7-15/h1,6-7H2,2-5H3,(H2,21,22,23). The average molecular weight is 786 g/mol. The van der Waals surface area contributed by atoms with Crippen LogP contribution >= 0.6 is 115 Å². The van der Waals surface area contributed by atoms with E-state index in [2.05, 4.69) is 102 Å². The molecule has 0 saturated heterocycles. The number of alkyl halides is 7. The highest BCUT2D eigenvalue weighted by molar-refractivity contribution is 9.26. The molecular weight excluding hydrogens is 766 g/mol. The molecule has 0 heterocycles. The topological polar surface area (TPSA) is 66.8 Å². The molecule has 0 aliphatic carbocycles. The highest BCUT2D eigenvalue weighted by Gasteiger charge is 2.65. The fraction of sp³-hybridized carbons (Fsp3) is 0.846. The summed E-state index contributed by atoms with van der Waals surface area (Å²) in [5, 5.41) is -1.05. The molecule has 0 amide bonds. The Labute approximate surface area is 204 Å². The second-order valence-electron chi connectivity index (χ2n) is 6.84. The second-order valence-corrected chi connectivity index (χ2v) is 16.5. The van der Waals surface area contributed by atoms with Crippen LogP contribution in [0.15, 0.2) is 12.2 Å². The number of phosphoric ester groups is 1. The summed E-state index contributed by atoms with van der Waals surface area (Å²) in [6, 6.07) is 0. The minimum atomic E-state index is -4.97. The van der Waals surface area contributed by atoms with E-state index in [1.807, 2.05) is 27.7 Å². The maximum absolute atomic E-state index is 11.7. The van der Waals surface area contributed by atoms with Crippen molar-refractivity contribution >= 4 is 115 Å². The number of rotatable bonds is 9. The van der Waals surface area contributed by atoms with Gasteiger partial charge in [0, 0.05) is 27.1 Å². The van der Waals surface area contributed by atoms with Gasteiger partial charge in [0.05, 0.1) is 0 Å². The smallest absolute Gasteiger partial charge is 0.303 e. The van der Waals surface area contributed by atoms with Gasteiger partial charge in [-0.3, -0.25) is 4.52 Å². The van der Waals surface area contributed by atoms with Crippen molar-refractivity contribution in [2.45, 2.75) is 39.2 Å². The third kappa shape index (κ3) is 5.80. The fourth-order valence-electron chi connectivity index (χ4n) is 1.68. The molecule has 12 heteroatoms. The summed E-state index contributed by atoms with van der Waals surface area (Å²) in [5.74, 6) is 0. The van der Waals surface area contributed by atoms with Crippen LogP contribution in [0.4, 0.5) is 0 Å². The first-order valence-corrected chi connectivity index (χ1v) is 14.1.